The average molecular weight is 429 g/mol. The predicted molar refractivity (Wildman–Crippen MR) is 121 cm³/mol. The van der Waals surface area contributed by atoms with Gasteiger partial charge in [0.05, 0.1) is 16.7 Å². The van der Waals surface area contributed by atoms with E-state index in [4.69, 9.17) is 4.74 Å². The molecule has 5 nitrogen and oxygen atoms in total. The zero-order chi connectivity index (χ0) is 21.5. The molecule has 2 bridgehead atoms. The largest absolute Gasteiger partial charge is 0.504 e. The molecule has 1 spiro atoms. The first-order chi connectivity index (χ1) is 15.5. The number of aromatic amines is 1. The Labute approximate surface area is 187 Å². The van der Waals surface area contributed by atoms with Crippen LogP contribution >= 0.6 is 0 Å². The van der Waals surface area contributed by atoms with Crippen LogP contribution in [-0.2, 0) is 23.9 Å². The second-order valence-corrected chi connectivity index (χ2v) is 11.0. The number of hydrogen-bond acceptors (Lipinski definition) is 4. The van der Waals surface area contributed by atoms with Crippen molar-refractivity contribution in [1.82, 2.24) is 9.88 Å². The van der Waals surface area contributed by atoms with Gasteiger partial charge in [0.25, 0.3) is 0 Å². The molecule has 1 saturated heterocycles. The molecule has 4 atom stereocenters. The minimum absolute atomic E-state index is 0.0598. The molecule has 2 aromatic carbocycles. The molecule has 0 amide bonds. The highest BCUT2D eigenvalue weighted by molar-refractivity contribution is 5.86. The van der Waals surface area contributed by atoms with Crippen molar-refractivity contribution in [2.75, 3.05) is 13.1 Å². The quantitative estimate of drug-likeness (QED) is 0.582. The van der Waals surface area contributed by atoms with E-state index in [0.29, 0.717) is 12.2 Å². The molecule has 1 aromatic heterocycles. The third-order valence-electron chi connectivity index (χ3n) is 9.62. The van der Waals surface area contributed by atoms with E-state index in [-0.39, 0.29) is 11.8 Å². The van der Waals surface area contributed by atoms with Gasteiger partial charge in [0.1, 0.15) is 0 Å². The summed E-state index contributed by atoms with van der Waals surface area (Å²) in [6, 6.07) is 12.3. The summed E-state index contributed by atoms with van der Waals surface area (Å²) in [5, 5.41) is 24.9. The Balaban J connectivity index is 1.46. The van der Waals surface area contributed by atoms with E-state index in [1.807, 2.05) is 0 Å². The van der Waals surface area contributed by atoms with E-state index in [2.05, 4.69) is 47.1 Å². The lowest BCUT2D eigenvalue weighted by Crippen LogP contribution is -2.78. The fourth-order valence-electron chi connectivity index (χ4n) is 8.10. The molecular weight excluding hydrogens is 400 g/mol. The smallest absolute Gasteiger partial charge is 0.166 e. The molecule has 2 fully saturated rings. The van der Waals surface area contributed by atoms with Crippen molar-refractivity contribution in [3.8, 4) is 11.5 Å². The molecule has 164 valence electrons. The maximum Gasteiger partial charge on any atom is 0.166 e. The monoisotopic (exact) mass is 428 g/mol. The van der Waals surface area contributed by atoms with Crippen molar-refractivity contribution in [3.05, 3.63) is 58.8 Å². The number of aromatic nitrogens is 1. The number of piperidine rings is 1. The number of benzene rings is 2. The Bertz CT molecular complexity index is 1330. The molecule has 5 aliphatic rings. The van der Waals surface area contributed by atoms with Gasteiger partial charge in [-0.25, -0.2) is 0 Å². The number of hydrogen-bond donors (Lipinski definition) is 3. The number of ether oxygens (including phenoxy) is 1. The van der Waals surface area contributed by atoms with Crippen LogP contribution in [0, 0.1) is 5.92 Å². The summed E-state index contributed by atoms with van der Waals surface area (Å²) in [4.78, 5) is 6.26. The van der Waals surface area contributed by atoms with E-state index in [9.17, 15) is 10.2 Å². The van der Waals surface area contributed by atoms with Gasteiger partial charge >= 0.3 is 0 Å². The summed E-state index contributed by atoms with van der Waals surface area (Å²) >= 11 is 0. The summed E-state index contributed by atoms with van der Waals surface area (Å²) in [5.74, 6) is 1.56. The Morgan fingerprint density at radius 3 is 2.88 bits per heavy atom. The summed E-state index contributed by atoms with van der Waals surface area (Å²) in [6.45, 7) is 4.20. The maximum absolute atomic E-state index is 12.9. The number of nitrogens with one attached hydrogen (secondary N) is 1. The van der Waals surface area contributed by atoms with Gasteiger partial charge in [-0.05, 0) is 68.3 Å². The van der Waals surface area contributed by atoms with E-state index >= 15 is 0 Å². The number of rotatable bonds is 2. The van der Waals surface area contributed by atoms with Gasteiger partial charge in [-0.15, -0.1) is 0 Å². The van der Waals surface area contributed by atoms with E-state index in [1.54, 1.807) is 6.07 Å². The van der Waals surface area contributed by atoms with Gasteiger partial charge in [-0.2, -0.15) is 0 Å². The minimum atomic E-state index is -0.946. The van der Waals surface area contributed by atoms with Gasteiger partial charge in [0.15, 0.2) is 17.1 Å². The van der Waals surface area contributed by atoms with Crippen molar-refractivity contribution >= 4 is 10.9 Å². The fraction of sp³-hybridized carbons (Fsp3) is 0.481. The molecule has 2 aliphatic heterocycles. The van der Waals surface area contributed by atoms with Gasteiger partial charge in [0.2, 0.25) is 0 Å². The first-order valence-corrected chi connectivity index (χ1v) is 12.1. The van der Waals surface area contributed by atoms with Crippen LogP contribution in [0.15, 0.2) is 36.4 Å². The van der Waals surface area contributed by atoms with Gasteiger partial charge < -0.3 is 19.9 Å². The van der Waals surface area contributed by atoms with Crippen LogP contribution in [-0.4, -0.2) is 44.8 Å². The van der Waals surface area contributed by atoms with Gasteiger partial charge in [-0.1, -0.05) is 24.3 Å². The van der Waals surface area contributed by atoms with Crippen LogP contribution in [0.5, 0.6) is 11.5 Å². The number of fused-ring (bicyclic) bond motifs is 4. The van der Waals surface area contributed by atoms with Crippen molar-refractivity contribution in [3.63, 3.8) is 0 Å². The van der Waals surface area contributed by atoms with Crippen molar-refractivity contribution in [1.29, 1.82) is 0 Å². The molecule has 3 heterocycles. The first-order valence-electron chi connectivity index (χ1n) is 12.1. The Hall–Kier alpha value is -2.50. The van der Waals surface area contributed by atoms with E-state index < -0.39 is 16.6 Å². The van der Waals surface area contributed by atoms with Crippen molar-refractivity contribution < 1.29 is 14.9 Å². The minimum Gasteiger partial charge on any atom is -0.504 e. The Morgan fingerprint density at radius 2 is 2.03 bits per heavy atom. The molecular formula is C27H28N2O3. The zero-order valence-corrected chi connectivity index (χ0v) is 18.3. The van der Waals surface area contributed by atoms with Gasteiger partial charge in [0, 0.05) is 35.5 Å². The molecule has 8 rings (SSSR count). The van der Waals surface area contributed by atoms with Crippen LogP contribution in [0.25, 0.3) is 10.9 Å². The molecule has 1 unspecified atom stereocenters. The molecule has 5 heteroatoms. The number of likely N-dealkylation sites (tertiary alicyclic amines) is 1. The number of aromatic hydroxyl groups is 1. The van der Waals surface area contributed by atoms with E-state index in [1.165, 1.54) is 29.4 Å². The van der Waals surface area contributed by atoms with Crippen LogP contribution in [0.4, 0.5) is 0 Å². The van der Waals surface area contributed by atoms with Gasteiger partial charge in [-0.3, -0.25) is 4.90 Å². The second-order valence-electron chi connectivity index (χ2n) is 11.0. The Morgan fingerprint density at radius 1 is 1.19 bits per heavy atom. The summed E-state index contributed by atoms with van der Waals surface area (Å²) in [7, 11) is 0. The number of phenols is 1. The highest BCUT2D eigenvalue weighted by Crippen LogP contribution is 2.71. The van der Waals surface area contributed by atoms with Crippen LogP contribution in [0.3, 0.4) is 0 Å². The van der Waals surface area contributed by atoms with Crippen molar-refractivity contribution in [2.45, 2.75) is 61.7 Å². The molecule has 3 N–H and O–H groups in total. The standard InChI is InChI=1S/C27H28N2O3/c1-25-24-18(17-4-2-3-5-19(17)28-24)13-27(31)21-12-16-8-9-20(30)23(32-25)22(16)26(25,27)10-11-29(21)14-15-6-7-15/h2-5,8-9,15,21,28,30-31H,6-7,10-14H2,1H3/t21-,25?,26+,27-/m1/s1. The lowest BCUT2D eigenvalue weighted by Gasteiger charge is -2.65. The third kappa shape index (κ3) is 1.77. The average Bonchev–Trinajstić information content (AvgIpc) is 3.44. The second kappa shape index (κ2) is 5.35. The molecule has 0 radical (unpaired) electrons. The van der Waals surface area contributed by atoms with E-state index in [0.717, 1.165) is 48.6 Å². The van der Waals surface area contributed by atoms with Crippen molar-refractivity contribution in [2.24, 2.45) is 5.92 Å². The number of nitrogens with zero attached hydrogens (tertiary/aromatic N) is 1. The SMILES string of the molecule is CC12Oc3c(O)ccc4c3[C@@]13CCN(CC1CC1)[C@H](C4)[C@]3(O)Cc1c2[nH]c2ccccc12. The lowest BCUT2D eigenvalue weighted by molar-refractivity contribution is -0.200. The molecule has 3 aliphatic carbocycles. The number of H-pyrrole nitrogens is 1. The number of phenolic OH excluding ortho intramolecular Hbond substituents is 1. The maximum atomic E-state index is 12.9. The van der Waals surface area contributed by atoms with Crippen LogP contribution < -0.4 is 4.74 Å². The summed E-state index contributed by atoms with van der Waals surface area (Å²) in [5.41, 5.74) is 3.36. The molecule has 1 saturated carbocycles. The zero-order valence-electron chi connectivity index (χ0n) is 18.3. The summed E-state index contributed by atoms with van der Waals surface area (Å²) < 4.78 is 6.79. The fourth-order valence-corrected chi connectivity index (χ4v) is 8.10. The topological polar surface area (TPSA) is 68.7 Å². The normalized spacial score (nSPS) is 36.6. The number of para-hydroxylation sites is 1. The third-order valence-corrected chi connectivity index (χ3v) is 9.62. The number of aliphatic hydroxyl groups is 1. The first kappa shape index (κ1) is 18.0. The van der Waals surface area contributed by atoms with Crippen LogP contribution in [0.1, 0.15) is 48.6 Å². The predicted octanol–water partition coefficient (Wildman–Crippen LogP) is 3.75. The highest BCUT2D eigenvalue weighted by atomic mass is 16.5. The summed E-state index contributed by atoms with van der Waals surface area (Å²) in [6.07, 6.45) is 4.89. The highest BCUT2D eigenvalue weighted by Gasteiger charge is 2.77. The Kier molecular flexibility index (Phi) is 3.00. The van der Waals surface area contributed by atoms with Crippen LogP contribution in [0.2, 0.25) is 0 Å². The lowest BCUT2D eigenvalue weighted by atomic mass is 9.45. The molecule has 32 heavy (non-hydrogen) atoms. The molecule has 3 aromatic rings.